The SMILES string of the molecule is CC(CC(=O)NCC(O)COc1ccccc1Br)C1CCCNC1. The van der Waals surface area contributed by atoms with Crippen LogP contribution in [0.5, 0.6) is 5.75 Å². The van der Waals surface area contributed by atoms with Gasteiger partial charge in [-0.05, 0) is 65.8 Å². The van der Waals surface area contributed by atoms with Crippen LogP contribution in [0.1, 0.15) is 26.2 Å². The average molecular weight is 399 g/mol. The highest BCUT2D eigenvalue weighted by molar-refractivity contribution is 9.10. The third kappa shape index (κ3) is 6.42. The molecule has 0 spiro atoms. The van der Waals surface area contributed by atoms with E-state index in [0.29, 0.717) is 24.0 Å². The van der Waals surface area contributed by atoms with Crippen LogP contribution in [-0.2, 0) is 4.79 Å². The van der Waals surface area contributed by atoms with E-state index in [1.807, 2.05) is 24.3 Å². The van der Waals surface area contributed by atoms with Gasteiger partial charge in [0.1, 0.15) is 18.5 Å². The third-order valence-electron chi connectivity index (χ3n) is 4.45. The molecular formula is C18H27BrN2O3. The van der Waals surface area contributed by atoms with Gasteiger partial charge in [0.05, 0.1) is 4.47 Å². The Kier molecular flexibility index (Phi) is 8.02. The van der Waals surface area contributed by atoms with Gasteiger partial charge in [0.2, 0.25) is 5.91 Å². The molecule has 3 atom stereocenters. The van der Waals surface area contributed by atoms with E-state index in [1.54, 1.807) is 0 Å². The van der Waals surface area contributed by atoms with Gasteiger partial charge < -0.3 is 20.5 Å². The van der Waals surface area contributed by atoms with Crippen molar-refractivity contribution in [3.63, 3.8) is 0 Å². The van der Waals surface area contributed by atoms with Crippen molar-refractivity contribution in [3.05, 3.63) is 28.7 Å². The molecule has 1 aliphatic rings. The Balaban J connectivity index is 1.64. The number of para-hydroxylation sites is 1. The van der Waals surface area contributed by atoms with Gasteiger partial charge >= 0.3 is 0 Å². The van der Waals surface area contributed by atoms with Crippen molar-refractivity contribution in [2.24, 2.45) is 11.8 Å². The summed E-state index contributed by atoms with van der Waals surface area (Å²) in [6, 6.07) is 7.48. The van der Waals surface area contributed by atoms with Crippen molar-refractivity contribution < 1.29 is 14.6 Å². The number of hydrogen-bond acceptors (Lipinski definition) is 4. The van der Waals surface area contributed by atoms with Crippen molar-refractivity contribution in [3.8, 4) is 5.75 Å². The highest BCUT2D eigenvalue weighted by atomic mass is 79.9. The Morgan fingerprint density at radius 3 is 3.00 bits per heavy atom. The number of nitrogens with one attached hydrogen (secondary N) is 2. The van der Waals surface area contributed by atoms with E-state index in [9.17, 15) is 9.90 Å². The standard InChI is InChI=1S/C18H27BrN2O3/c1-13(14-5-4-8-20-10-14)9-18(23)21-11-15(22)12-24-17-7-3-2-6-16(17)19/h2-3,6-7,13-15,20,22H,4-5,8-12H2,1H3,(H,21,23). The Bertz CT molecular complexity index is 521. The molecule has 1 fully saturated rings. The van der Waals surface area contributed by atoms with Crippen LogP contribution >= 0.6 is 15.9 Å². The molecule has 0 radical (unpaired) electrons. The molecule has 1 amide bonds. The lowest BCUT2D eigenvalue weighted by Gasteiger charge is -2.28. The highest BCUT2D eigenvalue weighted by Gasteiger charge is 2.22. The summed E-state index contributed by atoms with van der Waals surface area (Å²) >= 11 is 3.39. The zero-order chi connectivity index (χ0) is 17.4. The molecule has 1 saturated heterocycles. The topological polar surface area (TPSA) is 70.6 Å². The summed E-state index contributed by atoms with van der Waals surface area (Å²) in [7, 11) is 0. The van der Waals surface area contributed by atoms with Crippen LogP contribution < -0.4 is 15.4 Å². The number of aliphatic hydroxyl groups is 1. The molecule has 2 rings (SSSR count). The monoisotopic (exact) mass is 398 g/mol. The van der Waals surface area contributed by atoms with E-state index >= 15 is 0 Å². The number of rotatable bonds is 8. The Hall–Kier alpha value is -1.11. The smallest absolute Gasteiger partial charge is 0.220 e. The van der Waals surface area contributed by atoms with Gasteiger partial charge in [0, 0.05) is 13.0 Å². The largest absolute Gasteiger partial charge is 0.490 e. The molecule has 134 valence electrons. The number of amides is 1. The first-order valence-electron chi connectivity index (χ1n) is 8.59. The maximum atomic E-state index is 12.0. The number of halogens is 1. The number of hydrogen-bond donors (Lipinski definition) is 3. The second-order valence-electron chi connectivity index (χ2n) is 6.49. The van der Waals surface area contributed by atoms with Crippen LogP contribution in [0.2, 0.25) is 0 Å². The lowest BCUT2D eigenvalue weighted by Crippen LogP contribution is -2.38. The van der Waals surface area contributed by atoms with Gasteiger partial charge in [0.25, 0.3) is 0 Å². The number of carbonyl (C=O) groups is 1. The van der Waals surface area contributed by atoms with E-state index in [2.05, 4.69) is 33.5 Å². The predicted octanol–water partition coefficient (Wildman–Crippen LogP) is 2.33. The van der Waals surface area contributed by atoms with Crippen LogP contribution in [0.4, 0.5) is 0 Å². The van der Waals surface area contributed by atoms with Crippen LogP contribution in [0.3, 0.4) is 0 Å². The fourth-order valence-corrected chi connectivity index (χ4v) is 3.33. The van der Waals surface area contributed by atoms with Crippen LogP contribution in [0, 0.1) is 11.8 Å². The third-order valence-corrected chi connectivity index (χ3v) is 5.10. The van der Waals surface area contributed by atoms with Crippen molar-refractivity contribution in [2.75, 3.05) is 26.2 Å². The molecule has 0 saturated carbocycles. The maximum Gasteiger partial charge on any atom is 0.220 e. The van der Waals surface area contributed by atoms with E-state index in [-0.39, 0.29) is 19.1 Å². The molecule has 24 heavy (non-hydrogen) atoms. The summed E-state index contributed by atoms with van der Waals surface area (Å²) in [4.78, 5) is 12.0. The highest BCUT2D eigenvalue weighted by Crippen LogP contribution is 2.24. The van der Waals surface area contributed by atoms with Crippen LogP contribution in [0.25, 0.3) is 0 Å². The molecule has 0 aliphatic carbocycles. The molecule has 0 aromatic heterocycles. The van der Waals surface area contributed by atoms with Gasteiger partial charge in [-0.1, -0.05) is 19.1 Å². The van der Waals surface area contributed by atoms with Gasteiger partial charge in [0.15, 0.2) is 0 Å². The number of aliphatic hydroxyl groups excluding tert-OH is 1. The molecule has 0 bridgehead atoms. The minimum Gasteiger partial charge on any atom is -0.490 e. The zero-order valence-electron chi connectivity index (χ0n) is 14.1. The fourth-order valence-electron chi connectivity index (χ4n) is 2.93. The Morgan fingerprint density at radius 1 is 1.50 bits per heavy atom. The minimum atomic E-state index is -0.729. The molecule has 5 nitrogen and oxygen atoms in total. The number of carbonyl (C=O) groups excluding carboxylic acids is 1. The van der Waals surface area contributed by atoms with Crippen molar-refractivity contribution >= 4 is 21.8 Å². The summed E-state index contributed by atoms with van der Waals surface area (Å²) in [5, 5.41) is 16.2. The maximum absolute atomic E-state index is 12.0. The van der Waals surface area contributed by atoms with Crippen molar-refractivity contribution in [1.29, 1.82) is 0 Å². The Morgan fingerprint density at radius 2 is 2.29 bits per heavy atom. The molecule has 1 aromatic carbocycles. The fraction of sp³-hybridized carbons (Fsp3) is 0.611. The predicted molar refractivity (Wildman–Crippen MR) is 98.0 cm³/mol. The summed E-state index contributed by atoms with van der Waals surface area (Å²) in [5.41, 5.74) is 0. The number of ether oxygens (including phenoxy) is 1. The van der Waals surface area contributed by atoms with Crippen molar-refractivity contribution in [1.82, 2.24) is 10.6 Å². The van der Waals surface area contributed by atoms with Crippen LogP contribution in [-0.4, -0.2) is 43.4 Å². The normalized spacial score (nSPS) is 20.2. The summed E-state index contributed by atoms with van der Waals surface area (Å²) in [5.74, 6) is 1.59. The first-order chi connectivity index (χ1) is 11.6. The lowest BCUT2D eigenvalue weighted by molar-refractivity contribution is -0.122. The Labute approximate surface area is 152 Å². The van der Waals surface area contributed by atoms with Crippen molar-refractivity contribution in [2.45, 2.75) is 32.3 Å². The molecule has 3 unspecified atom stereocenters. The quantitative estimate of drug-likeness (QED) is 0.628. The summed E-state index contributed by atoms with van der Waals surface area (Å²) in [6.45, 7) is 4.56. The number of piperidine rings is 1. The van der Waals surface area contributed by atoms with Gasteiger partial charge in [-0.3, -0.25) is 4.79 Å². The van der Waals surface area contributed by atoms with E-state index in [0.717, 1.165) is 17.6 Å². The first kappa shape index (κ1) is 19.2. The van der Waals surface area contributed by atoms with E-state index in [4.69, 9.17) is 4.74 Å². The zero-order valence-corrected chi connectivity index (χ0v) is 15.7. The van der Waals surface area contributed by atoms with Crippen LogP contribution in [0.15, 0.2) is 28.7 Å². The molecule has 1 aliphatic heterocycles. The van der Waals surface area contributed by atoms with Gasteiger partial charge in [-0.15, -0.1) is 0 Å². The lowest BCUT2D eigenvalue weighted by atomic mass is 9.85. The molecule has 1 aromatic rings. The molecular weight excluding hydrogens is 372 g/mol. The molecule has 3 N–H and O–H groups in total. The summed E-state index contributed by atoms with van der Waals surface area (Å²) < 4.78 is 6.39. The average Bonchev–Trinajstić information content (AvgIpc) is 2.60. The first-order valence-corrected chi connectivity index (χ1v) is 9.38. The summed E-state index contributed by atoms with van der Waals surface area (Å²) in [6.07, 6.45) is 2.14. The molecule has 1 heterocycles. The molecule has 6 heteroatoms. The van der Waals surface area contributed by atoms with E-state index < -0.39 is 6.10 Å². The minimum absolute atomic E-state index is 0.00647. The van der Waals surface area contributed by atoms with Gasteiger partial charge in [-0.25, -0.2) is 0 Å². The second-order valence-corrected chi connectivity index (χ2v) is 7.34. The van der Waals surface area contributed by atoms with E-state index in [1.165, 1.54) is 12.8 Å². The number of benzene rings is 1. The van der Waals surface area contributed by atoms with Gasteiger partial charge in [-0.2, -0.15) is 0 Å². The second kappa shape index (κ2) is 10.0.